The Labute approximate surface area is 498 Å². The molecule has 4 aliphatic heterocycles. The van der Waals surface area contributed by atoms with Crippen LogP contribution >= 0.6 is 0 Å². The van der Waals surface area contributed by atoms with Crippen molar-refractivity contribution in [1.82, 2.24) is 19.7 Å². The van der Waals surface area contributed by atoms with Gasteiger partial charge in [-0.25, -0.2) is 4.79 Å². The molecule has 5 heterocycles. The number of pyridine rings is 1. The monoisotopic (exact) mass is 1190 g/mol. The molecule has 0 amide bonds. The van der Waals surface area contributed by atoms with E-state index >= 15 is 0 Å². The molecule has 0 unspecified atom stereocenters. The number of likely N-dealkylation sites (tertiary alicyclic amines) is 1. The highest BCUT2D eigenvalue weighted by Crippen LogP contribution is 2.42. The van der Waals surface area contributed by atoms with E-state index in [1.807, 2.05) is 62.5 Å². The highest BCUT2D eigenvalue weighted by atomic mass is 16.7. The van der Waals surface area contributed by atoms with Gasteiger partial charge in [0, 0.05) is 75.7 Å². The van der Waals surface area contributed by atoms with Gasteiger partial charge in [-0.3, -0.25) is 24.1 Å². The van der Waals surface area contributed by atoms with E-state index in [1.165, 1.54) is 27.6 Å². The molecule has 0 spiro atoms. The number of hydrogen-bond donors (Lipinski definition) is 4. The number of rotatable bonds is 21. The number of carbonyl (C=O) groups is 4. The summed E-state index contributed by atoms with van der Waals surface area (Å²) in [4.78, 5) is 73.6. The fourth-order valence-electron chi connectivity index (χ4n) is 13.3. The van der Waals surface area contributed by atoms with Crippen molar-refractivity contribution < 1.29 is 77.1 Å². The van der Waals surface area contributed by atoms with Crippen molar-refractivity contribution in [3.05, 3.63) is 45.7 Å². The van der Waals surface area contributed by atoms with Crippen molar-refractivity contribution in [2.75, 3.05) is 67.6 Å². The van der Waals surface area contributed by atoms with E-state index in [4.69, 9.17) is 42.6 Å². The molecule has 1 aromatic carbocycles. The molecule has 476 valence electrons. The van der Waals surface area contributed by atoms with Gasteiger partial charge in [-0.05, 0) is 145 Å². The zero-order valence-corrected chi connectivity index (χ0v) is 52.9. The Hall–Kier alpha value is -3.97. The summed E-state index contributed by atoms with van der Waals surface area (Å²) in [6.07, 6.45) is -3.06. The average molecular weight is 1190 g/mol. The predicted octanol–water partition coefficient (Wildman–Crippen LogP) is 5.58. The summed E-state index contributed by atoms with van der Waals surface area (Å²) in [7, 11) is 6.76. The fourth-order valence-corrected chi connectivity index (χ4v) is 13.3. The number of esters is 3. The number of nitrogens with one attached hydrogen (secondary N) is 1. The van der Waals surface area contributed by atoms with Crippen LogP contribution in [0.25, 0.3) is 10.9 Å². The molecule has 2 aromatic rings. The van der Waals surface area contributed by atoms with Crippen molar-refractivity contribution in [1.29, 1.82) is 0 Å². The predicted molar refractivity (Wildman–Crippen MR) is 315 cm³/mol. The summed E-state index contributed by atoms with van der Waals surface area (Å²) in [6, 6.07) is 5.43. The maximum Gasteiger partial charge on any atom is 0.343 e. The van der Waals surface area contributed by atoms with Gasteiger partial charge in [-0.1, -0.05) is 40.2 Å². The quantitative estimate of drug-likeness (QED) is 0.0676. The first-order valence-corrected chi connectivity index (χ1v) is 30.8. The van der Waals surface area contributed by atoms with Crippen LogP contribution < -0.4 is 10.7 Å². The molecule has 21 nitrogen and oxygen atoms in total. The van der Waals surface area contributed by atoms with Gasteiger partial charge in [0.15, 0.2) is 18.7 Å². The molecule has 4 aliphatic rings. The minimum absolute atomic E-state index is 0.0272. The number of methoxy groups -OCH3 is 2. The number of cyclic esters (lactones) is 1. The first kappa shape index (κ1) is 69.1. The van der Waals surface area contributed by atoms with Crippen LogP contribution in [0.4, 0.5) is 0 Å². The van der Waals surface area contributed by atoms with E-state index in [0.717, 1.165) is 37.0 Å². The third-order valence-corrected chi connectivity index (χ3v) is 18.6. The molecular weight excluding hydrogens is 1080 g/mol. The molecule has 18 atom stereocenters. The van der Waals surface area contributed by atoms with Crippen molar-refractivity contribution in [3.63, 3.8) is 0 Å². The lowest BCUT2D eigenvalue weighted by molar-refractivity contribution is -0.320. The molecule has 21 heteroatoms. The lowest BCUT2D eigenvalue weighted by Gasteiger charge is -2.50. The van der Waals surface area contributed by atoms with Crippen LogP contribution in [0.1, 0.15) is 150 Å². The number of nitrogens with zero attached hydrogens (tertiary/aromatic N) is 3. The molecule has 1 aromatic heterocycles. The number of aromatic nitrogens is 1. The maximum atomic E-state index is 14.6. The van der Waals surface area contributed by atoms with Crippen LogP contribution in [-0.4, -0.2) is 205 Å². The van der Waals surface area contributed by atoms with Gasteiger partial charge >= 0.3 is 17.9 Å². The summed E-state index contributed by atoms with van der Waals surface area (Å²) in [6.45, 7) is 23.4. The number of fused-ring (bicyclic) bond motifs is 1. The number of carbonyl (C=O) groups excluding carboxylic acids is 4. The largest absolute Gasteiger partial charge is 0.461 e. The third-order valence-electron chi connectivity index (χ3n) is 18.6. The van der Waals surface area contributed by atoms with Gasteiger partial charge in [0.25, 0.3) is 0 Å². The van der Waals surface area contributed by atoms with Gasteiger partial charge in [-0.2, -0.15) is 0 Å². The summed E-state index contributed by atoms with van der Waals surface area (Å²) < 4.78 is 59.0. The van der Waals surface area contributed by atoms with Gasteiger partial charge in [0.1, 0.15) is 41.4 Å². The highest BCUT2D eigenvalue weighted by Gasteiger charge is 2.55. The van der Waals surface area contributed by atoms with E-state index in [1.54, 1.807) is 54.7 Å². The molecule has 4 fully saturated rings. The Morgan fingerprint density at radius 1 is 0.869 bits per heavy atom. The van der Waals surface area contributed by atoms with Crippen molar-refractivity contribution in [2.45, 2.75) is 231 Å². The third kappa shape index (κ3) is 16.4. The molecular formula is C63H102N4O17. The number of aliphatic hydroxyl groups excluding tert-OH is 2. The van der Waals surface area contributed by atoms with E-state index in [-0.39, 0.29) is 61.2 Å². The molecule has 0 radical (unpaired) electrons. The van der Waals surface area contributed by atoms with E-state index < -0.39 is 114 Å². The Balaban J connectivity index is 1.14. The Morgan fingerprint density at radius 3 is 2.19 bits per heavy atom. The maximum absolute atomic E-state index is 14.6. The zero-order valence-electron chi connectivity index (χ0n) is 52.9. The zero-order chi connectivity index (χ0) is 62.0. The number of aryl methyl sites for hydroxylation is 2. The van der Waals surface area contributed by atoms with E-state index in [0.29, 0.717) is 50.8 Å². The Kier molecular flexibility index (Phi) is 24.9. The lowest BCUT2D eigenvalue weighted by Crippen LogP contribution is -2.61. The number of piperidine rings is 1. The number of Topliss-reactive ketones (excluding diaryl/α,β-unsaturated/α-hetero) is 1. The summed E-state index contributed by atoms with van der Waals surface area (Å²) in [5, 5.41) is 39.2. The highest BCUT2D eigenvalue weighted by molar-refractivity contribution is 5.94. The first-order valence-electron chi connectivity index (χ1n) is 30.8. The molecule has 84 heavy (non-hydrogen) atoms. The molecule has 6 rings (SSSR count). The van der Waals surface area contributed by atoms with Gasteiger partial charge in [0.2, 0.25) is 5.43 Å². The van der Waals surface area contributed by atoms with Crippen LogP contribution in [0.3, 0.4) is 0 Å². The van der Waals surface area contributed by atoms with Crippen LogP contribution in [0.5, 0.6) is 0 Å². The number of ether oxygens (including phenoxy) is 9. The minimum atomic E-state index is -2.03. The molecule has 0 bridgehead atoms. The van der Waals surface area contributed by atoms with Crippen molar-refractivity contribution >= 4 is 34.6 Å². The normalized spacial score (nSPS) is 36.1. The number of benzene rings is 1. The summed E-state index contributed by atoms with van der Waals surface area (Å²) in [5.41, 5.74) is -3.14. The van der Waals surface area contributed by atoms with Gasteiger partial charge in [0.05, 0.1) is 54.0 Å². The van der Waals surface area contributed by atoms with Gasteiger partial charge in [-0.15, -0.1) is 0 Å². The van der Waals surface area contributed by atoms with Crippen LogP contribution in [0, 0.1) is 23.7 Å². The lowest BCUT2D eigenvalue weighted by atomic mass is 9.74. The average Bonchev–Trinajstić information content (AvgIpc) is 3.41. The fraction of sp³-hybridized carbons (Fsp3) is 0.794. The van der Waals surface area contributed by atoms with E-state index in [9.17, 15) is 39.3 Å². The Bertz CT molecular complexity index is 2560. The minimum Gasteiger partial charge on any atom is -0.461 e. The van der Waals surface area contributed by atoms with Crippen molar-refractivity contribution in [3.8, 4) is 0 Å². The van der Waals surface area contributed by atoms with Crippen LogP contribution in [0.2, 0.25) is 0 Å². The Morgan fingerprint density at radius 2 is 1.55 bits per heavy atom. The smallest absolute Gasteiger partial charge is 0.343 e. The number of aliphatic hydroxyl groups is 3. The van der Waals surface area contributed by atoms with E-state index in [2.05, 4.69) is 10.2 Å². The van der Waals surface area contributed by atoms with Crippen LogP contribution in [-0.2, 0) is 70.0 Å². The van der Waals surface area contributed by atoms with Crippen molar-refractivity contribution in [2.24, 2.45) is 23.7 Å². The number of likely N-dealkylation sites (N-methyl/N-ethyl adjacent to an activating group) is 1. The molecule has 0 aliphatic carbocycles. The number of hydrogen-bond acceptors (Lipinski definition) is 20. The molecule has 4 saturated heterocycles. The summed E-state index contributed by atoms with van der Waals surface area (Å²) in [5.74, 6) is -5.90. The second-order valence-corrected chi connectivity index (χ2v) is 25.2. The van der Waals surface area contributed by atoms with Crippen LogP contribution in [0.15, 0.2) is 29.2 Å². The topological polar surface area (TPSA) is 253 Å². The summed E-state index contributed by atoms with van der Waals surface area (Å²) >= 11 is 0. The standard InChI is InChI=1S/C63H102N4O17/c1-16-48-63(11,75)55(72)39(5)51(69)37(3)34-61(9,76-14)56(84-60-53(71)47(65(12)13)32-38(4)79-60)40(6)54(41(7)58(73)81-48)83-50-35-62(10,77-15)57(42(8)80-50)82-49(68)25-27-64-26-21-22-43-23-24-46-44(33-43)52(70)45(36-67(46)17-2)59(74)78-31-30-66-28-19-18-20-29-66/h23-24,33,36-42,47-48,50,53-57,60,64,71-72,75H,16-22,25-32,34-35H2,1-15H3/t37-,38+,39-,40-,41+,42-,47-,48+,50-,53+,54-,55+,56+,57-,60-,61+,62+,63+/m0/s1. The first-order chi connectivity index (χ1) is 39.6. The molecule has 4 N–H and O–H groups in total. The second kappa shape index (κ2) is 30.3. The van der Waals surface area contributed by atoms with Gasteiger partial charge < -0.3 is 72.7 Å². The second-order valence-electron chi connectivity index (χ2n) is 25.2. The SMILES string of the molecule is CC[C@H]1OC(=O)[C@H](C)[C@@H](O[C@H]2C[C@@](C)(OC)[C@@H](OC(=O)CCNCCCc3ccc4c(c3)c(=O)c(C(=O)OCCN3CCCCC3)cn4CC)[C@H](C)O2)[C@H](C)[C@@H](O[C@@H]2O[C@H](C)C[C@H](N(C)C)[C@H]2O)[C@](C)(OC)C[C@H](C)C(=O)[C@H](C)[C@@H](O)[C@]1(C)O. The number of ketones is 1. The molecule has 0 saturated carbocycles.